The molecule has 0 aliphatic heterocycles. The first-order valence-electron chi connectivity index (χ1n) is 7.48. The fraction of sp³-hybridized carbons (Fsp3) is 0.222. The van der Waals surface area contributed by atoms with Gasteiger partial charge in [-0.3, -0.25) is 0 Å². The van der Waals surface area contributed by atoms with Gasteiger partial charge in [-0.1, -0.05) is 54.2 Å². The lowest BCUT2D eigenvalue weighted by Crippen LogP contribution is -2.01. The Labute approximate surface area is 139 Å². The third-order valence-electron chi connectivity index (χ3n) is 3.75. The van der Waals surface area contributed by atoms with Gasteiger partial charge in [-0.25, -0.2) is 4.39 Å². The highest BCUT2D eigenvalue weighted by Crippen LogP contribution is 2.33. The van der Waals surface area contributed by atoms with Crippen molar-refractivity contribution in [1.29, 1.82) is 0 Å². The van der Waals surface area contributed by atoms with Crippen LogP contribution in [0.1, 0.15) is 29.1 Å². The highest BCUT2D eigenvalue weighted by molar-refractivity contribution is 7.99. The van der Waals surface area contributed by atoms with Crippen LogP contribution < -0.4 is 0 Å². The normalized spacial score (nSPS) is 12.3. The van der Waals surface area contributed by atoms with Crippen LogP contribution in [-0.4, -0.2) is 14.8 Å². The summed E-state index contributed by atoms with van der Waals surface area (Å²) < 4.78 is 15.0. The standard InChI is InChI=1S/C18H18FN3S/c1-13(15-8-10-16(19)11-9-15)23-18-21-20-17(22(18)2)12-14-6-4-3-5-7-14/h3-11,13H,12H2,1-2H3/t13-/m0/s1. The molecule has 0 amide bonds. The number of rotatable bonds is 5. The van der Waals surface area contributed by atoms with Crippen LogP contribution in [0.15, 0.2) is 59.8 Å². The van der Waals surface area contributed by atoms with E-state index in [1.54, 1.807) is 11.8 Å². The van der Waals surface area contributed by atoms with E-state index >= 15 is 0 Å². The van der Waals surface area contributed by atoms with Gasteiger partial charge >= 0.3 is 0 Å². The predicted molar refractivity (Wildman–Crippen MR) is 90.9 cm³/mol. The van der Waals surface area contributed by atoms with Crippen LogP contribution in [0.3, 0.4) is 0 Å². The Morgan fingerprint density at radius 3 is 2.43 bits per heavy atom. The van der Waals surface area contributed by atoms with Gasteiger partial charge in [0.1, 0.15) is 11.6 Å². The van der Waals surface area contributed by atoms with E-state index in [1.165, 1.54) is 17.7 Å². The molecule has 0 spiro atoms. The molecule has 0 unspecified atom stereocenters. The van der Waals surface area contributed by atoms with E-state index in [0.29, 0.717) is 0 Å². The van der Waals surface area contributed by atoms with E-state index < -0.39 is 0 Å². The van der Waals surface area contributed by atoms with Crippen LogP contribution >= 0.6 is 11.8 Å². The van der Waals surface area contributed by atoms with E-state index in [2.05, 4.69) is 29.3 Å². The lowest BCUT2D eigenvalue weighted by atomic mass is 10.1. The molecule has 3 aromatic rings. The molecule has 1 atom stereocenters. The lowest BCUT2D eigenvalue weighted by Gasteiger charge is -2.11. The van der Waals surface area contributed by atoms with Crippen molar-refractivity contribution < 1.29 is 4.39 Å². The summed E-state index contributed by atoms with van der Waals surface area (Å²) in [5.41, 5.74) is 2.29. The summed E-state index contributed by atoms with van der Waals surface area (Å²) in [6.07, 6.45) is 0.760. The maximum Gasteiger partial charge on any atom is 0.191 e. The predicted octanol–water partition coefficient (Wildman–Crippen LogP) is 4.40. The summed E-state index contributed by atoms with van der Waals surface area (Å²) in [5.74, 6) is 0.722. The topological polar surface area (TPSA) is 30.7 Å². The second-order valence-corrected chi connectivity index (χ2v) is 6.74. The van der Waals surface area contributed by atoms with E-state index in [9.17, 15) is 4.39 Å². The summed E-state index contributed by atoms with van der Waals surface area (Å²) in [6.45, 7) is 2.09. The first-order valence-corrected chi connectivity index (χ1v) is 8.36. The second-order valence-electron chi connectivity index (χ2n) is 5.43. The van der Waals surface area contributed by atoms with E-state index in [1.807, 2.05) is 41.9 Å². The molecule has 1 heterocycles. The van der Waals surface area contributed by atoms with Crippen LogP contribution in [0.5, 0.6) is 0 Å². The number of hydrogen-bond donors (Lipinski definition) is 0. The molecule has 0 N–H and O–H groups in total. The zero-order valence-electron chi connectivity index (χ0n) is 13.1. The molecule has 118 valence electrons. The largest absolute Gasteiger partial charge is 0.309 e. The highest BCUT2D eigenvalue weighted by Gasteiger charge is 2.14. The van der Waals surface area contributed by atoms with Crippen molar-refractivity contribution in [3.05, 3.63) is 77.4 Å². The Kier molecular flexibility index (Phi) is 4.76. The molecule has 0 saturated carbocycles. The van der Waals surface area contributed by atoms with Crippen molar-refractivity contribution >= 4 is 11.8 Å². The number of nitrogens with zero attached hydrogens (tertiary/aromatic N) is 3. The summed E-state index contributed by atoms with van der Waals surface area (Å²) in [6, 6.07) is 16.8. The Morgan fingerprint density at radius 2 is 1.74 bits per heavy atom. The number of benzene rings is 2. The average molecular weight is 327 g/mol. The third-order valence-corrected chi connectivity index (χ3v) is 4.94. The minimum absolute atomic E-state index is 0.183. The molecule has 23 heavy (non-hydrogen) atoms. The smallest absolute Gasteiger partial charge is 0.191 e. The summed E-state index contributed by atoms with van der Waals surface area (Å²) >= 11 is 1.63. The molecule has 5 heteroatoms. The number of thioether (sulfide) groups is 1. The van der Waals surface area contributed by atoms with Crippen LogP contribution in [0.2, 0.25) is 0 Å². The molecular formula is C18H18FN3S. The third kappa shape index (κ3) is 3.79. The maximum absolute atomic E-state index is 13.0. The molecule has 0 saturated heterocycles. The molecule has 3 rings (SSSR count). The minimum atomic E-state index is -0.213. The highest BCUT2D eigenvalue weighted by atomic mass is 32.2. The van der Waals surface area contributed by atoms with Gasteiger partial charge in [0, 0.05) is 18.7 Å². The molecule has 3 nitrogen and oxygen atoms in total. The average Bonchev–Trinajstić information content (AvgIpc) is 2.90. The van der Waals surface area contributed by atoms with Gasteiger partial charge in [0.15, 0.2) is 5.16 Å². The lowest BCUT2D eigenvalue weighted by molar-refractivity contribution is 0.627. The van der Waals surface area contributed by atoms with Gasteiger partial charge in [0.25, 0.3) is 0 Å². The molecule has 0 aliphatic rings. The monoisotopic (exact) mass is 327 g/mol. The minimum Gasteiger partial charge on any atom is -0.309 e. The Bertz CT molecular complexity index is 769. The van der Waals surface area contributed by atoms with Crippen molar-refractivity contribution in [3.63, 3.8) is 0 Å². The molecule has 0 fully saturated rings. The van der Waals surface area contributed by atoms with Gasteiger partial charge in [0.05, 0.1) is 0 Å². The van der Waals surface area contributed by atoms with Crippen molar-refractivity contribution in [2.75, 3.05) is 0 Å². The number of hydrogen-bond acceptors (Lipinski definition) is 3. The first-order chi connectivity index (χ1) is 11.1. The van der Waals surface area contributed by atoms with Crippen molar-refractivity contribution in [1.82, 2.24) is 14.8 Å². The van der Waals surface area contributed by atoms with Gasteiger partial charge < -0.3 is 4.57 Å². The Hall–Kier alpha value is -2.14. The summed E-state index contributed by atoms with van der Waals surface area (Å²) in [4.78, 5) is 0. The van der Waals surface area contributed by atoms with Crippen LogP contribution in [0.25, 0.3) is 0 Å². The van der Waals surface area contributed by atoms with Gasteiger partial charge in [-0.15, -0.1) is 10.2 Å². The van der Waals surface area contributed by atoms with Crippen molar-refractivity contribution in [2.45, 2.75) is 23.8 Å². The molecular weight excluding hydrogens is 309 g/mol. The van der Waals surface area contributed by atoms with Crippen molar-refractivity contribution in [2.24, 2.45) is 7.05 Å². The molecule has 2 aromatic carbocycles. The second kappa shape index (κ2) is 6.96. The number of halogens is 1. The summed E-state index contributed by atoms with van der Waals surface area (Å²) in [5, 5.41) is 9.65. The van der Waals surface area contributed by atoms with Crippen LogP contribution in [0.4, 0.5) is 4.39 Å². The molecule has 0 bridgehead atoms. The molecule has 1 aromatic heterocycles. The zero-order valence-corrected chi connectivity index (χ0v) is 13.9. The van der Waals surface area contributed by atoms with E-state index in [-0.39, 0.29) is 11.1 Å². The quantitative estimate of drug-likeness (QED) is 0.651. The number of aromatic nitrogens is 3. The Balaban J connectivity index is 1.73. The SMILES string of the molecule is C[C@H](Sc1nnc(Cc2ccccc2)n1C)c1ccc(F)cc1. The van der Waals surface area contributed by atoms with E-state index in [0.717, 1.165) is 23.0 Å². The van der Waals surface area contributed by atoms with Crippen molar-refractivity contribution in [3.8, 4) is 0 Å². The first kappa shape index (κ1) is 15.7. The van der Waals surface area contributed by atoms with Crippen LogP contribution in [0, 0.1) is 5.82 Å². The maximum atomic E-state index is 13.0. The van der Waals surface area contributed by atoms with Gasteiger partial charge in [0.2, 0.25) is 0 Å². The molecule has 0 aliphatic carbocycles. The zero-order chi connectivity index (χ0) is 16.2. The van der Waals surface area contributed by atoms with Crippen LogP contribution in [-0.2, 0) is 13.5 Å². The molecule has 0 radical (unpaired) electrons. The van der Waals surface area contributed by atoms with Gasteiger partial charge in [-0.2, -0.15) is 0 Å². The van der Waals surface area contributed by atoms with E-state index in [4.69, 9.17) is 0 Å². The summed E-state index contributed by atoms with van der Waals surface area (Å²) in [7, 11) is 1.98. The fourth-order valence-electron chi connectivity index (χ4n) is 2.34. The Morgan fingerprint density at radius 1 is 1.04 bits per heavy atom. The fourth-order valence-corrected chi connectivity index (χ4v) is 3.30. The van der Waals surface area contributed by atoms with Gasteiger partial charge in [-0.05, 0) is 30.2 Å².